The number of nitrogens with zero attached hydrogens (tertiary/aromatic N) is 4. The molecule has 2 saturated heterocycles. The van der Waals surface area contributed by atoms with Gasteiger partial charge >= 0.3 is 0 Å². The number of nitrogens with one attached hydrogen (secondary N) is 1. The van der Waals surface area contributed by atoms with Crippen LogP contribution in [0.1, 0.15) is 43.1 Å². The normalized spacial score (nSPS) is 25.0. The van der Waals surface area contributed by atoms with Gasteiger partial charge in [0.2, 0.25) is 5.95 Å². The molecule has 2 fully saturated rings. The Morgan fingerprint density at radius 2 is 1.81 bits per heavy atom. The summed E-state index contributed by atoms with van der Waals surface area (Å²) in [5.74, 6) is -0.0685. The van der Waals surface area contributed by atoms with Crippen LogP contribution < -0.4 is 16.4 Å². The zero-order valence-corrected chi connectivity index (χ0v) is 17.9. The van der Waals surface area contributed by atoms with E-state index in [0.29, 0.717) is 22.7 Å². The van der Waals surface area contributed by atoms with Gasteiger partial charge in [-0.2, -0.15) is 10.1 Å². The lowest BCUT2D eigenvalue weighted by molar-refractivity contribution is 0.0997. The number of carbonyl (C=O) groups is 1. The Balaban J connectivity index is 1.49. The van der Waals surface area contributed by atoms with Crippen LogP contribution in [0, 0.1) is 0 Å². The van der Waals surface area contributed by atoms with Gasteiger partial charge in [0.25, 0.3) is 5.91 Å². The van der Waals surface area contributed by atoms with Crippen molar-refractivity contribution in [1.82, 2.24) is 20.2 Å². The minimum atomic E-state index is -0.588. The standard InChI is InChI=1S/C24H25N7O/c1-24(26)11-16-8-9-17(12-24)31(16)23-27-20(21(25)32)18-19(29-30-22(18)28-23)15-7-6-13-4-2-3-5-14(13)10-15/h2-7,10,16-17H,8-9,11-12,26H2,1H3,(H2,25,32)(H,27,28,29,30). The Labute approximate surface area is 185 Å². The molecule has 0 saturated carbocycles. The maximum atomic E-state index is 12.5. The number of aromatic amines is 1. The van der Waals surface area contributed by atoms with E-state index in [1.165, 1.54) is 0 Å². The number of fused-ring (bicyclic) bond motifs is 4. The fraction of sp³-hybridized carbons (Fsp3) is 0.333. The fourth-order valence-corrected chi connectivity index (χ4v) is 5.61. The van der Waals surface area contributed by atoms with Gasteiger partial charge in [0.15, 0.2) is 5.65 Å². The van der Waals surface area contributed by atoms with E-state index < -0.39 is 5.91 Å². The van der Waals surface area contributed by atoms with Crippen LogP contribution in [0.5, 0.6) is 0 Å². The predicted molar refractivity (Wildman–Crippen MR) is 124 cm³/mol. The zero-order chi connectivity index (χ0) is 22.0. The molecule has 4 aromatic rings. The quantitative estimate of drug-likeness (QED) is 0.461. The highest BCUT2D eigenvalue weighted by atomic mass is 16.1. The van der Waals surface area contributed by atoms with Crippen molar-refractivity contribution < 1.29 is 4.79 Å². The van der Waals surface area contributed by atoms with Crippen LogP contribution in [0.3, 0.4) is 0 Å². The maximum Gasteiger partial charge on any atom is 0.268 e. The minimum Gasteiger partial charge on any atom is -0.364 e. The van der Waals surface area contributed by atoms with Gasteiger partial charge < -0.3 is 16.4 Å². The number of benzene rings is 2. The number of piperidine rings is 1. The van der Waals surface area contributed by atoms with Gasteiger partial charge in [-0.25, -0.2) is 4.98 Å². The highest BCUT2D eigenvalue weighted by Crippen LogP contribution is 2.42. The van der Waals surface area contributed by atoms with Crippen molar-refractivity contribution >= 4 is 33.7 Å². The van der Waals surface area contributed by atoms with Crippen LogP contribution in [0.4, 0.5) is 5.95 Å². The van der Waals surface area contributed by atoms with E-state index in [9.17, 15) is 4.79 Å². The van der Waals surface area contributed by atoms with E-state index in [-0.39, 0.29) is 23.3 Å². The van der Waals surface area contributed by atoms with Gasteiger partial charge in [0, 0.05) is 23.2 Å². The van der Waals surface area contributed by atoms with Gasteiger partial charge in [-0.15, -0.1) is 0 Å². The molecule has 2 aromatic heterocycles. The number of hydrogen-bond acceptors (Lipinski definition) is 6. The summed E-state index contributed by atoms with van der Waals surface area (Å²) < 4.78 is 0. The first-order valence-electron chi connectivity index (χ1n) is 11.0. The zero-order valence-electron chi connectivity index (χ0n) is 17.9. The van der Waals surface area contributed by atoms with Gasteiger partial charge in [0.1, 0.15) is 5.69 Å². The molecule has 2 aliphatic heterocycles. The second-order valence-corrected chi connectivity index (χ2v) is 9.45. The van der Waals surface area contributed by atoms with Crippen LogP contribution in [0.2, 0.25) is 0 Å². The molecule has 162 valence electrons. The summed E-state index contributed by atoms with van der Waals surface area (Å²) in [4.78, 5) is 24.1. The highest BCUT2D eigenvalue weighted by Gasteiger charge is 2.45. The van der Waals surface area contributed by atoms with Crippen LogP contribution in [0.15, 0.2) is 42.5 Å². The Hall–Kier alpha value is -3.52. The molecule has 1 amide bonds. The van der Waals surface area contributed by atoms with Crippen LogP contribution >= 0.6 is 0 Å². The van der Waals surface area contributed by atoms with Crippen LogP contribution in [-0.4, -0.2) is 43.7 Å². The molecule has 5 N–H and O–H groups in total. The second-order valence-electron chi connectivity index (χ2n) is 9.45. The number of carbonyl (C=O) groups excluding carboxylic acids is 1. The highest BCUT2D eigenvalue weighted by molar-refractivity contribution is 6.08. The third-order valence-electron chi connectivity index (χ3n) is 6.93. The molecule has 8 heteroatoms. The molecule has 2 aliphatic rings. The topological polar surface area (TPSA) is 127 Å². The van der Waals surface area contributed by atoms with Crippen LogP contribution in [0.25, 0.3) is 33.1 Å². The summed E-state index contributed by atoms with van der Waals surface area (Å²) in [7, 11) is 0. The summed E-state index contributed by atoms with van der Waals surface area (Å²) in [6.07, 6.45) is 3.85. The molecular formula is C24H25N7O. The summed E-state index contributed by atoms with van der Waals surface area (Å²) in [5, 5.41) is 10.3. The number of anilines is 1. The SMILES string of the molecule is CC1(N)CC2CCC(C1)N2c1nc(C(N)=O)c2c(-c3ccc4ccccc4c3)[nH]nc2n1. The Morgan fingerprint density at radius 1 is 1.09 bits per heavy atom. The second kappa shape index (κ2) is 6.74. The van der Waals surface area contributed by atoms with Gasteiger partial charge in [-0.05, 0) is 49.4 Å². The Bertz CT molecular complexity index is 1360. The first-order chi connectivity index (χ1) is 15.4. The third-order valence-corrected chi connectivity index (χ3v) is 6.93. The van der Waals surface area contributed by atoms with E-state index in [0.717, 1.165) is 42.0 Å². The lowest BCUT2D eigenvalue weighted by Gasteiger charge is -2.43. The molecule has 0 radical (unpaired) electrons. The Morgan fingerprint density at radius 3 is 2.53 bits per heavy atom. The summed E-state index contributed by atoms with van der Waals surface area (Å²) >= 11 is 0. The monoisotopic (exact) mass is 427 g/mol. The van der Waals surface area contributed by atoms with Crippen molar-refractivity contribution in [2.45, 2.75) is 50.2 Å². The van der Waals surface area contributed by atoms with E-state index >= 15 is 0 Å². The maximum absolute atomic E-state index is 12.5. The number of aromatic nitrogens is 4. The number of H-pyrrole nitrogens is 1. The first-order valence-corrected chi connectivity index (χ1v) is 11.0. The molecule has 2 unspecified atom stereocenters. The number of nitrogens with two attached hydrogens (primary N) is 2. The largest absolute Gasteiger partial charge is 0.364 e. The molecule has 4 heterocycles. The van der Waals surface area contributed by atoms with Crippen LogP contribution in [-0.2, 0) is 0 Å². The summed E-state index contributed by atoms with van der Waals surface area (Å²) in [6, 6.07) is 14.8. The lowest BCUT2D eigenvalue weighted by Crippen LogP contribution is -2.54. The molecular weight excluding hydrogens is 402 g/mol. The van der Waals surface area contributed by atoms with E-state index in [1.807, 2.05) is 24.3 Å². The Kier molecular flexibility index (Phi) is 4.04. The molecule has 2 aromatic carbocycles. The number of hydrogen-bond donors (Lipinski definition) is 3. The average Bonchev–Trinajstić information content (AvgIpc) is 3.31. The van der Waals surface area contributed by atoms with E-state index in [2.05, 4.69) is 45.2 Å². The number of rotatable bonds is 3. The van der Waals surface area contributed by atoms with Gasteiger partial charge in [-0.1, -0.05) is 36.4 Å². The molecule has 8 nitrogen and oxygen atoms in total. The first kappa shape index (κ1) is 19.2. The van der Waals surface area contributed by atoms with Gasteiger partial charge in [0.05, 0.1) is 11.1 Å². The average molecular weight is 428 g/mol. The number of primary amides is 1. The molecule has 2 bridgehead atoms. The predicted octanol–water partition coefficient (Wildman–Crippen LogP) is 3.12. The van der Waals surface area contributed by atoms with Crippen molar-refractivity contribution in [1.29, 1.82) is 0 Å². The third kappa shape index (κ3) is 2.94. The van der Waals surface area contributed by atoms with Crippen molar-refractivity contribution in [3.05, 3.63) is 48.2 Å². The summed E-state index contributed by atoms with van der Waals surface area (Å²) in [6.45, 7) is 2.11. The minimum absolute atomic E-state index is 0.186. The van der Waals surface area contributed by atoms with E-state index in [1.54, 1.807) is 0 Å². The summed E-state index contributed by atoms with van der Waals surface area (Å²) in [5.41, 5.74) is 14.3. The van der Waals surface area contributed by atoms with Crippen molar-refractivity contribution in [3.63, 3.8) is 0 Å². The fourth-order valence-electron chi connectivity index (χ4n) is 5.61. The van der Waals surface area contributed by atoms with E-state index in [4.69, 9.17) is 16.5 Å². The van der Waals surface area contributed by atoms with Crippen molar-refractivity contribution in [3.8, 4) is 11.3 Å². The van der Waals surface area contributed by atoms with Crippen molar-refractivity contribution in [2.75, 3.05) is 4.90 Å². The smallest absolute Gasteiger partial charge is 0.268 e. The van der Waals surface area contributed by atoms with Gasteiger partial charge in [-0.3, -0.25) is 9.89 Å². The van der Waals surface area contributed by atoms with Crippen molar-refractivity contribution in [2.24, 2.45) is 11.5 Å². The molecule has 0 aliphatic carbocycles. The number of amides is 1. The molecule has 6 rings (SSSR count). The molecule has 0 spiro atoms. The lowest BCUT2D eigenvalue weighted by atomic mass is 9.86. The molecule has 2 atom stereocenters. The molecule has 32 heavy (non-hydrogen) atoms.